The second-order valence-corrected chi connectivity index (χ2v) is 7.45. The Hall–Kier alpha value is -2.61. The normalized spacial score (nSPS) is 15.1. The molecule has 2 aliphatic rings. The molecule has 1 aromatic carbocycles. The van der Waals surface area contributed by atoms with Gasteiger partial charge in [-0.25, -0.2) is 4.58 Å². The van der Waals surface area contributed by atoms with Crippen LogP contribution >= 0.6 is 0 Å². The van der Waals surface area contributed by atoms with Gasteiger partial charge in [-0.05, 0) is 47.6 Å². The number of carboxylic acid groups (broad SMARTS) is 1. The van der Waals surface area contributed by atoms with Gasteiger partial charge in [0, 0.05) is 43.9 Å². The van der Waals surface area contributed by atoms with E-state index in [1.165, 1.54) is 0 Å². The Balaban J connectivity index is 0.00000320. The topological polar surface area (TPSA) is 52.8 Å². The van der Waals surface area contributed by atoms with Crippen molar-refractivity contribution in [3.63, 3.8) is 0 Å². The zero-order valence-electron chi connectivity index (χ0n) is 17.7. The molecule has 1 heterocycles. The molecule has 0 unspecified atom stereocenters. The molecule has 0 saturated carbocycles. The summed E-state index contributed by atoms with van der Waals surface area (Å²) in [6.07, 6.45) is 12.5. The molecule has 0 bridgehead atoms. The molecular weight excluding hydrogens is 491 g/mol. The Kier molecular flexibility index (Phi) is 8.23. The minimum Gasteiger partial charge on any atom is -1.00 e. The second-order valence-electron chi connectivity index (χ2n) is 7.45. The van der Waals surface area contributed by atoms with Crippen molar-refractivity contribution >= 4 is 22.9 Å². The highest BCUT2D eigenvalue weighted by Crippen LogP contribution is 2.32. The third-order valence-electron chi connectivity index (χ3n) is 4.81. The number of hydrogen-bond donors (Lipinski definition) is 1. The standard InChI is InChI=1S/C24H26N2O3.HI/c1-25(2)20-9-5-17(6-10-20)19-15-22(13-14-24(27)28)29-23(16-19)18-7-11-21(12-8-18)26(3)4;/h5-12,15-16H,13-14H2,1-4H3;1H. The predicted octanol–water partition coefficient (Wildman–Crippen LogP) is 1.01. The smallest absolute Gasteiger partial charge is 0.303 e. The molecule has 0 saturated heterocycles. The van der Waals surface area contributed by atoms with Crippen molar-refractivity contribution in [3.8, 4) is 0 Å². The maximum absolute atomic E-state index is 11.0. The minimum atomic E-state index is -0.835. The summed E-state index contributed by atoms with van der Waals surface area (Å²) in [5.74, 6) is 0.552. The van der Waals surface area contributed by atoms with Crippen LogP contribution in [0.4, 0.5) is 5.69 Å². The van der Waals surface area contributed by atoms with Gasteiger partial charge in [0.1, 0.15) is 25.6 Å². The lowest BCUT2D eigenvalue weighted by molar-refractivity contribution is -0.462. The van der Waals surface area contributed by atoms with Gasteiger partial charge in [0.15, 0.2) is 5.71 Å². The van der Waals surface area contributed by atoms with Crippen LogP contribution in [0.3, 0.4) is 0 Å². The Bertz CT molecular complexity index is 972. The van der Waals surface area contributed by atoms with Crippen molar-refractivity contribution < 1.29 is 43.2 Å². The van der Waals surface area contributed by atoms with E-state index in [-0.39, 0.29) is 30.4 Å². The van der Waals surface area contributed by atoms with Crippen molar-refractivity contribution in [2.75, 3.05) is 33.1 Å². The van der Waals surface area contributed by atoms with Gasteiger partial charge in [-0.1, -0.05) is 12.1 Å². The van der Waals surface area contributed by atoms with E-state index in [4.69, 9.17) is 9.84 Å². The van der Waals surface area contributed by atoms with Crippen LogP contribution in [0, 0.1) is 0 Å². The van der Waals surface area contributed by atoms with Crippen LogP contribution in [0.5, 0.6) is 0 Å². The van der Waals surface area contributed by atoms with Gasteiger partial charge in [0.05, 0.1) is 6.42 Å². The fourth-order valence-electron chi connectivity index (χ4n) is 3.09. The molecular formula is C24H27IN2O3. The molecule has 1 aliphatic carbocycles. The average molecular weight is 518 g/mol. The van der Waals surface area contributed by atoms with Gasteiger partial charge < -0.3 is 38.7 Å². The quantitative estimate of drug-likeness (QED) is 0.468. The van der Waals surface area contributed by atoms with E-state index in [0.717, 1.165) is 33.9 Å². The Morgan fingerprint density at radius 3 is 2.20 bits per heavy atom. The fourth-order valence-corrected chi connectivity index (χ4v) is 3.09. The third kappa shape index (κ3) is 5.95. The van der Waals surface area contributed by atoms with Crippen molar-refractivity contribution in [1.29, 1.82) is 0 Å². The lowest BCUT2D eigenvalue weighted by atomic mass is 9.98. The van der Waals surface area contributed by atoms with Crippen molar-refractivity contribution in [2.24, 2.45) is 0 Å². The van der Waals surface area contributed by atoms with Crippen molar-refractivity contribution in [2.45, 2.75) is 12.8 Å². The average Bonchev–Trinajstić information content (AvgIpc) is 2.72. The van der Waals surface area contributed by atoms with E-state index in [1.807, 2.05) is 69.2 Å². The molecule has 0 amide bonds. The first-order valence-electron chi connectivity index (χ1n) is 9.58. The second kappa shape index (κ2) is 10.4. The molecule has 1 aliphatic heterocycles. The molecule has 30 heavy (non-hydrogen) atoms. The Morgan fingerprint density at radius 2 is 1.67 bits per heavy atom. The highest BCUT2D eigenvalue weighted by Gasteiger charge is 2.17. The monoisotopic (exact) mass is 518 g/mol. The number of halogens is 1. The van der Waals surface area contributed by atoms with E-state index < -0.39 is 5.97 Å². The van der Waals surface area contributed by atoms with Crippen LogP contribution < -0.4 is 28.9 Å². The van der Waals surface area contributed by atoms with E-state index in [2.05, 4.69) is 29.2 Å². The maximum atomic E-state index is 11.0. The lowest BCUT2D eigenvalue weighted by Crippen LogP contribution is -3.00. The van der Waals surface area contributed by atoms with Crippen LogP contribution in [0.1, 0.15) is 18.4 Å². The van der Waals surface area contributed by atoms with Gasteiger partial charge >= 0.3 is 5.97 Å². The number of anilines is 1. The zero-order valence-corrected chi connectivity index (χ0v) is 19.9. The number of hydrogen-bond acceptors (Lipinski definition) is 3. The molecule has 6 heteroatoms. The summed E-state index contributed by atoms with van der Waals surface area (Å²) in [5.41, 5.74) is 5.26. The summed E-state index contributed by atoms with van der Waals surface area (Å²) in [4.78, 5) is 13.1. The van der Waals surface area contributed by atoms with Gasteiger partial charge in [-0.3, -0.25) is 4.79 Å². The molecule has 3 rings (SSSR count). The number of carboxylic acids is 1. The van der Waals surface area contributed by atoms with Crippen LogP contribution in [-0.4, -0.2) is 49.6 Å². The largest absolute Gasteiger partial charge is 1.00 e. The highest BCUT2D eigenvalue weighted by molar-refractivity contribution is 6.02. The van der Waals surface area contributed by atoms with E-state index in [0.29, 0.717) is 12.2 Å². The Labute approximate surface area is 195 Å². The van der Waals surface area contributed by atoms with E-state index in [9.17, 15) is 4.79 Å². The summed E-state index contributed by atoms with van der Waals surface area (Å²) in [7, 11) is 8.02. The lowest BCUT2D eigenvalue weighted by Gasteiger charge is -2.20. The molecule has 1 aromatic rings. The minimum absolute atomic E-state index is 0. The molecule has 1 N–H and O–H groups in total. The number of carbonyl (C=O) groups is 1. The molecule has 0 radical (unpaired) electrons. The summed E-state index contributed by atoms with van der Waals surface area (Å²) in [5, 5.41) is 9.06. The van der Waals surface area contributed by atoms with Crippen LogP contribution in [0.25, 0.3) is 5.57 Å². The van der Waals surface area contributed by atoms with Crippen molar-refractivity contribution in [3.05, 3.63) is 83.4 Å². The number of rotatable bonds is 5. The summed E-state index contributed by atoms with van der Waals surface area (Å²) in [6, 6.07) is 8.29. The molecule has 0 fully saturated rings. The van der Waals surface area contributed by atoms with E-state index >= 15 is 0 Å². The first-order chi connectivity index (χ1) is 13.8. The van der Waals surface area contributed by atoms with E-state index in [1.54, 1.807) is 0 Å². The van der Waals surface area contributed by atoms with Gasteiger partial charge in [0.25, 0.3) is 0 Å². The van der Waals surface area contributed by atoms with Crippen LogP contribution in [0.2, 0.25) is 0 Å². The van der Waals surface area contributed by atoms with Crippen LogP contribution in [0.15, 0.2) is 77.8 Å². The number of benzene rings is 1. The molecule has 0 atom stereocenters. The number of nitrogens with zero attached hydrogens (tertiary/aromatic N) is 2. The first-order valence-corrected chi connectivity index (χ1v) is 9.58. The maximum Gasteiger partial charge on any atom is 0.303 e. The Morgan fingerprint density at radius 1 is 1.03 bits per heavy atom. The third-order valence-corrected chi connectivity index (χ3v) is 4.81. The molecule has 5 nitrogen and oxygen atoms in total. The SMILES string of the molecule is CN(C)c1ccc(C2=CC(=C3C=CC(=[N+](C)C)C=C3)OC(CCC(=O)O)=C2)cc1.[I-]. The van der Waals surface area contributed by atoms with Gasteiger partial charge in [0.2, 0.25) is 0 Å². The first kappa shape index (κ1) is 23.7. The molecule has 158 valence electrons. The van der Waals surface area contributed by atoms with Gasteiger partial charge in [-0.2, -0.15) is 0 Å². The predicted molar refractivity (Wildman–Crippen MR) is 117 cm³/mol. The van der Waals surface area contributed by atoms with Crippen molar-refractivity contribution in [1.82, 2.24) is 0 Å². The van der Waals surface area contributed by atoms with Crippen LogP contribution in [-0.2, 0) is 9.53 Å². The zero-order chi connectivity index (χ0) is 21.0. The summed E-state index contributed by atoms with van der Waals surface area (Å²) >= 11 is 0. The van der Waals surface area contributed by atoms with Gasteiger partial charge in [-0.15, -0.1) is 0 Å². The summed E-state index contributed by atoms with van der Waals surface area (Å²) < 4.78 is 8.10. The number of ether oxygens (including phenoxy) is 1. The fraction of sp³-hybridized carbons (Fsp3) is 0.250. The number of allylic oxidation sites excluding steroid dienone is 9. The molecule has 0 aromatic heterocycles. The summed E-state index contributed by atoms with van der Waals surface area (Å²) in [6.45, 7) is 0. The highest BCUT2D eigenvalue weighted by atomic mass is 127. The molecule has 0 spiro atoms. The number of aliphatic carboxylic acids is 1.